The number of nitrogens with zero attached hydrogens (tertiary/aromatic N) is 3. The third kappa shape index (κ3) is 5.95. The number of likely N-dealkylation sites (tertiary alicyclic amines) is 2. The first-order chi connectivity index (χ1) is 15.3. The van der Waals surface area contributed by atoms with Gasteiger partial charge in [-0.1, -0.05) is 18.6 Å². The minimum absolute atomic E-state index is 0. The molecule has 11 heteroatoms. The second kappa shape index (κ2) is 11.9. The van der Waals surface area contributed by atoms with Crippen LogP contribution in [0.15, 0.2) is 24.3 Å². The van der Waals surface area contributed by atoms with Gasteiger partial charge in [-0.15, -0.1) is 12.4 Å². The van der Waals surface area contributed by atoms with Gasteiger partial charge in [0, 0.05) is 6.42 Å². The van der Waals surface area contributed by atoms with Crippen molar-refractivity contribution in [2.24, 2.45) is 0 Å². The second-order valence-electron chi connectivity index (χ2n) is 7.92. The largest absolute Gasteiger partial charge is 0.480 e. The van der Waals surface area contributed by atoms with E-state index >= 15 is 0 Å². The lowest BCUT2D eigenvalue weighted by atomic mass is 10.0. The fraction of sp³-hybridized carbons (Fsp3) is 0.500. The van der Waals surface area contributed by atoms with Gasteiger partial charge in [0.15, 0.2) is 0 Å². The number of carboxylic acid groups (broad SMARTS) is 1. The predicted molar refractivity (Wildman–Crippen MR) is 119 cm³/mol. The zero-order valence-corrected chi connectivity index (χ0v) is 19.0. The van der Waals surface area contributed by atoms with Crippen LogP contribution >= 0.6 is 12.4 Å². The van der Waals surface area contributed by atoms with Gasteiger partial charge in [0.05, 0.1) is 30.8 Å². The van der Waals surface area contributed by atoms with Gasteiger partial charge >= 0.3 is 5.97 Å². The zero-order chi connectivity index (χ0) is 23.3. The predicted octanol–water partition coefficient (Wildman–Crippen LogP) is 0.771. The molecule has 1 aromatic rings. The summed E-state index contributed by atoms with van der Waals surface area (Å²) < 4.78 is 0. The molecule has 0 aromatic heterocycles. The molecule has 0 saturated carbocycles. The first-order valence-corrected chi connectivity index (χ1v) is 10.7. The molecule has 2 fully saturated rings. The summed E-state index contributed by atoms with van der Waals surface area (Å²) in [6, 6.07) is 5.39. The zero-order valence-electron chi connectivity index (χ0n) is 18.1. The summed E-state index contributed by atoms with van der Waals surface area (Å²) >= 11 is 0. The van der Waals surface area contributed by atoms with Gasteiger partial charge in [-0.25, -0.2) is 0 Å². The number of aliphatic carboxylic acids is 1. The average Bonchev–Trinajstić information content (AvgIpc) is 3.03. The molecular weight excluding hydrogens is 454 g/mol. The van der Waals surface area contributed by atoms with Gasteiger partial charge in [0.1, 0.15) is 6.04 Å². The number of carbonyl (C=O) groups is 5. The summed E-state index contributed by atoms with van der Waals surface area (Å²) in [6.07, 6.45) is 3.76. The number of carboxylic acids is 1. The molecule has 3 aliphatic heterocycles. The molecule has 0 spiro atoms. The quantitative estimate of drug-likeness (QED) is 0.589. The molecule has 4 amide bonds. The second-order valence-corrected chi connectivity index (χ2v) is 7.92. The average molecular weight is 482 g/mol. The molecule has 10 nitrogen and oxygen atoms in total. The molecule has 0 aliphatic carbocycles. The molecule has 180 valence electrons. The van der Waals surface area contributed by atoms with E-state index in [0.717, 1.165) is 35.7 Å². The Morgan fingerprint density at radius 1 is 0.970 bits per heavy atom. The normalized spacial score (nSPS) is 20.7. The number of amides is 4. The van der Waals surface area contributed by atoms with Crippen molar-refractivity contribution in [2.45, 2.75) is 38.1 Å². The van der Waals surface area contributed by atoms with Gasteiger partial charge in [0.2, 0.25) is 5.91 Å². The Balaban J connectivity index is 0.000000297. The monoisotopic (exact) mass is 481 g/mol. The highest BCUT2D eigenvalue weighted by atomic mass is 35.5. The van der Waals surface area contributed by atoms with Crippen molar-refractivity contribution in [3.8, 4) is 0 Å². The van der Waals surface area contributed by atoms with Crippen molar-refractivity contribution in [2.75, 3.05) is 32.8 Å². The van der Waals surface area contributed by atoms with Crippen LogP contribution in [0.3, 0.4) is 0 Å². The van der Waals surface area contributed by atoms with E-state index in [1.54, 1.807) is 24.3 Å². The number of aliphatic hydroxyl groups is 1. The van der Waals surface area contributed by atoms with E-state index in [0.29, 0.717) is 0 Å². The summed E-state index contributed by atoms with van der Waals surface area (Å²) in [5.41, 5.74) is 0.539. The molecule has 2 N–H and O–H groups in total. The molecule has 1 atom stereocenters. The summed E-state index contributed by atoms with van der Waals surface area (Å²) in [5.74, 6) is -2.75. The number of hydrogen-bond acceptors (Lipinski definition) is 7. The Bertz CT molecular complexity index is 882. The minimum Gasteiger partial charge on any atom is -0.480 e. The van der Waals surface area contributed by atoms with Crippen LogP contribution < -0.4 is 0 Å². The number of halogens is 1. The number of β-amino-alcohol motifs (C(OH)–C–C–N with tert-alkyl or cyclic N) is 1. The van der Waals surface area contributed by atoms with Crippen molar-refractivity contribution >= 4 is 42.0 Å². The Morgan fingerprint density at radius 3 is 2.06 bits per heavy atom. The van der Waals surface area contributed by atoms with Crippen molar-refractivity contribution in [3.05, 3.63) is 35.4 Å². The third-order valence-corrected chi connectivity index (χ3v) is 5.75. The molecule has 0 radical (unpaired) electrons. The third-order valence-electron chi connectivity index (χ3n) is 5.75. The van der Waals surface area contributed by atoms with Crippen molar-refractivity contribution in [1.82, 2.24) is 14.7 Å². The van der Waals surface area contributed by atoms with E-state index in [4.69, 9.17) is 10.2 Å². The molecule has 1 unspecified atom stereocenters. The molecule has 1 aromatic carbocycles. The maximum Gasteiger partial charge on any atom is 0.317 e. The van der Waals surface area contributed by atoms with E-state index in [-0.39, 0.29) is 56.1 Å². The number of aliphatic hydroxyl groups excluding tert-OH is 1. The lowest BCUT2D eigenvalue weighted by Gasteiger charge is -2.34. The molecule has 0 bridgehead atoms. The van der Waals surface area contributed by atoms with Gasteiger partial charge in [-0.05, 0) is 44.5 Å². The maximum absolute atomic E-state index is 12.4. The highest BCUT2D eigenvalue weighted by Crippen LogP contribution is 2.28. The number of benzene rings is 1. The van der Waals surface area contributed by atoms with E-state index < -0.39 is 35.6 Å². The van der Waals surface area contributed by atoms with Gasteiger partial charge < -0.3 is 10.2 Å². The van der Waals surface area contributed by atoms with E-state index in [1.807, 2.05) is 4.90 Å². The van der Waals surface area contributed by atoms with Gasteiger partial charge in [-0.3, -0.25) is 38.7 Å². The Hall–Kier alpha value is -2.82. The topological polar surface area (TPSA) is 136 Å². The number of piperidine rings is 2. The van der Waals surface area contributed by atoms with Crippen LogP contribution in [-0.4, -0.2) is 93.3 Å². The van der Waals surface area contributed by atoms with Crippen LogP contribution in [-0.2, 0) is 14.4 Å². The molecule has 33 heavy (non-hydrogen) atoms. The lowest BCUT2D eigenvalue weighted by Crippen LogP contribution is -2.56. The molecule has 2 saturated heterocycles. The van der Waals surface area contributed by atoms with E-state index in [1.165, 1.54) is 6.42 Å². The summed E-state index contributed by atoms with van der Waals surface area (Å²) in [7, 11) is 0. The van der Waals surface area contributed by atoms with Crippen LogP contribution in [0, 0.1) is 0 Å². The van der Waals surface area contributed by atoms with E-state index in [9.17, 15) is 24.0 Å². The van der Waals surface area contributed by atoms with Crippen molar-refractivity contribution < 1.29 is 34.2 Å². The first-order valence-electron chi connectivity index (χ1n) is 10.7. The molecule has 3 aliphatic rings. The summed E-state index contributed by atoms with van der Waals surface area (Å²) in [4.78, 5) is 63.0. The number of fused-ring (bicyclic) bond motifs is 1. The smallest absolute Gasteiger partial charge is 0.317 e. The number of imide groups is 2. The standard InChI is InChI=1S/C15H14N2O5.C7H13NO2.ClH/c18-8-7-16-12(19)6-5-11(15(16)22)17-13(20)9-3-1-2-4-10(9)14(17)21;9-7(10)6-8-4-2-1-3-5-8;/h1-4,11,18H,5-8H2;1-6H2,(H,9,10);1H. The van der Waals surface area contributed by atoms with E-state index in [2.05, 4.69) is 0 Å². The Kier molecular flexibility index (Phi) is 9.51. The van der Waals surface area contributed by atoms with Crippen LogP contribution in [0.5, 0.6) is 0 Å². The van der Waals surface area contributed by atoms with Gasteiger partial charge in [-0.2, -0.15) is 0 Å². The summed E-state index contributed by atoms with van der Waals surface area (Å²) in [6.45, 7) is 1.67. The van der Waals surface area contributed by atoms with Crippen LogP contribution in [0.2, 0.25) is 0 Å². The van der Waals surface area contributed by atoms with Gasteiger partial charge in [0.25, 0.3) is 17.7 Å². The highest BCUT2D eigenvalue weighted by molar-refractivity contribution is 6.23. The Labute approximate surface area is 197 Å². The van der Waals surface area contributed by atoms with Crippen molar-refractivity contribution in [1.29, 1.82) is 0 Å². The number of rotatable bonds is 5. The van der Waals surface area contributed by atoms with Crippen molar-refractivity contribution in [3.63, 3.8) is 0 Å². The summed E-state index contributed by atoms with van der Waals surface area (Å²) in [5, 5.41) is 17.4. The fourth-order valence-electron chi connectivity index (χ4n) is 4.20. The van der Waals surface area contributed by atoms with Crippen LogP contribution in [0.4, 0.5) is 0 Å². The Morgan fingerprint density at radius 2 is 1.55 bits per heavy atom. The maximum atomic E-state index is 12.4. The molecule has 3 heterocycles. The molecule has 4 rings (SSSR count). The lowest BCUT2D eigenvalue weighted by molar-refractivity contribution is -0.152. The minimum atomic E-state index is -0.989. The number of carbonyl (C=O) groups excluding carboxylic acids is 4. The molecular formula is C22H28ClN3O7. The fourth-order valence-corrected chi connectivity index (χ4v) is 4.20. The SMILES string of the molecule is Cl.O=C(O)CN1CCCCC1.O=C1CCC(N2C(=O)c3ccccc3C2=O)C(=O)N1CCO. The van der Waals surface area contributed by atoms with Crippen LogP contribution in [0.25, 0.3) is 0 Å². The highest BCUT2D eigenvalue weighted by Gasteiger charge is 2.46. The van der Waals surface area contributed by atoms with Crippen LogP contribution in [0.1, 0.15) is 52.8 Å². The number of hydrogen-bond donors (Lipinski definition) is 2. The first kappa shape index (κ1) is 26.4.